The molecule has 1 N–H and O–H groups in total. The standard InChI is InChI=1S/C15H27NO5S/c1-11(2)22(19,20)12(3)15(18)21-10-14(17)16-13-8-6-4-5-7-9-13/h11-13H,4-10H2,1-3H3,(H,16,17). The molecule has 0 aromatic carbocycles. The fourth-order valence-electron chi connectivity index (χ4n) is 2.49. The van der Waals surface area contributed by atoms with Crippen molar-refractivity contribution >= 4 is 21.7 Å². The van der Waals surface area contributed by atoms with Gasteiger partial charge in [-0.2, -0.15) is 0 Å². The first-order chi connectivity index (χ1) is 10.2. The maximum atomic E-state index is 11.9. The van der Waals surface area contributed by atoms with Gasteiger partial charge in [0.2, 0.25) is 0 Å². The van der Waals surface area contributed by atoms with Gasteiger partial charge in [0.15, 0.2) is 21.7 Å². The van der Waals surface area contributed by atoms with E-state index in [0.717, 1.165) is 25.7 Å². The molecular formula is C15H27NO5S. The van der Waals surface area contributed by atoms with Crippen LogP contribution < -0.4 is 5.32 Å². The van der Waals surface area contributed by atoms with Crippen LogP contribution >= 0.6 is 0 Å². The van der Waals surface area contributed by atoms with Gasteiger partial charge in [-0.05, 0) is 33.6 Å². The van der Waals surface area contributed by atoms with Crippen molar-refractivity contribution in [3.8, 4) is 0 Å². The second-order valence-corrected chi connectivity index (χ2v) is 8.97. The number of hydrogen-bond donors (Lipinski definition) is 1. The zero-order chi connectivity index (χ0) is 16.8. The van der Waals surface area contributed by atoms with Crippen LogP contribution in [-0.2, 0) is 24.2 Å². The SMILES string of the molecule is CC(C)S(=O)(=O)C(C)C(=O)OCC(=O)NC1CCCCCC1. The minimum Gasteiger partial charge on any atom is -0.455 e. The van der Waals surface area contributed by atoms with Crippen molar-refractivity contribution < 1.29 is 22.7 Å². The minimum absolute atomic E-state index is 0.130. The van der Waals surface area contributed by atoms with Gasteiger partial charge in [-0.3, -0.25) is 9.59 Å². The Hall–Kier alpha value is -1.11. The Morgan fingerprint density at radius 1 is 1.09 bits per heavy atom. The monoisotopic (exact) mass is 333 g/mol. The second-order valence-electron chi connectivity index (χ2n) is 6.14. The Morgan fingerprint density at radius 2 is 1.64 bits per heavy atom. The molecule has 0 aromatic heterocycles. The average molecular weight is 333 g/mol. The molecule has 1 aliphatic carbocycles. The number of hydrogen-bond acceptors (Lipinski definition) is 5. The van der Waals surface area contributed by atoms with Gasteiger partial charge >= 0.3 is 5.97 Å². The number of rotatable bonds is 6. The quantitative estimate of drug-likeness (QED) is 0.589. The molecule has 128 valence electrons. The highest BCUT2D eigenvalue weighted by Gasteiger charge is 2.32. The average Bonchev–Trinajstić information content (AvgIpc) is 2.72. The normalized spacial score (nSPS) is 18.5. The zero-order valence-corrected chi connectivity index (χ0v) is 14.4. The number of amides is 1. The van der Waals surface area contributed by atoms with E-state index in [-0.39, 0.29) is 11.9 Å². The highest BCUT2D eigenvalue weighted by molar-refractivity contribution is 7.93. The van der Waals surface area contributed by atoms with Crippen LogP contribution in [0.25, 0.3) is 0 Å². The second kappa shape index (κ2) is 8.50. The van der Waals surface area contributed by atoms with E-state index in [9.17, 15) is 18.0 Å². The molecule has 7 heteroatoms. The lowest BCUT2D eigenvalue weighted by Crippen LogP contribution is -2.39. The van der Waals surface area contributed by atoms with Crippen LogP contribution in [0.5, 0.6) is 0 Å². The Balaban J connectivity index is 2.41. The molecule has 1 saturated carbocycles. The molecular weight excluding hydrogens is 306 g/mol. The van der Waals surface area contributed by atoms with Crippen LogP contribution in [0.4, 0.5) is 0 Å². The molecule has 1 atom stereocenters. The molecule has 0 aliphatic heterocycles. The van der Waals surface area contributed by atoms with E-state index in [1.54, 1.807) is 0 Å². The third-order valence-electron chi connectivity index (χ3n) is 4.05. The topological polar surface area (TPSA) is 89.5 Å². The summed E-state index contributed by atoms with van der Waals surface area (Å²) >= 11 is 0. The summed E-state index contributed by atoms with van der Waals surface area (Å²) in [6.07, 6.45) is 6.44. The molecule has 1 fully saturated rings. The number of carbonyl (C=O) groups excluding carboxylic acids is 2. The first-order valence-electron chi connectivity index (χ1n) is 7.94. The van der Waals surface area contributed by atoms with Gasteiger partial charge in [-0.15, -0.1) is 0 Å². The predicted molar refractivity (Wildman–Crippen MR) is 84.1 cm³/mol. The molecule has 0 heterocycles. The van der Waals surface area contributed by atoms with Crippen molar-refractivity contribution in [1.29, 1.82) is 0 Å². The number of ether oxygens (including phenoxy) is 1. The van der Waals surface area contributed by atoms with E-state index in [1.165, 1.54) is 33.6 Å². The Bertz CT molecular complexity index is 478. The summed E-state index contributed by atoms with van der Waals surface area (Å²) in [4.78, 5) is 23.6. The number of carbonyl (C=O) groups is 2. The molecule has 0 spiro atoms. The van der Waals surface area contributed by atoms with Crippen LogP contribution in [0.1, 0.15) is 59.3 Å². The van der Waals surface area contributed by atoms with Gasteiger partial charge in [-0.25, -0.2) is 8.42 Å². The highest BCUT2D eigenvalue weighted by Crippen LogP contribution is 2.17. The van der Waals surface area contributed by atoms with Gasteiger partial charge in [0, 0.05) is 6.04 Å². The maximum Gasteiger partial charge on any atom is 0.324 e. The van der Waals surface area contributed by atoms with Crippen molar-refractivity contribution in [3.63, 3.8) is 0 Å². The summed E-state index contributed by atoms with van der Waals surface area (Å²) in [5.74, 6) is -1.24. The maximum absolute atomic E-state index is 11.9. The van der Waals surface area contributed by atoms with Crippen LogP contribution in [0, 0.1) is 0 Å². The summed E-state index contributed by atoms with van der Waals surface area (Å²) in [6.45, 7) is 3.89. The van der Waals surface area contributed by atoms with Crippen molar-refractivity contribution in [2.75, 3.05) is 6.61 Å². The van der Waals surface area contributed by atoms with E-state index in [4.69, 9.17) is 4.74 Å². The predicted octanol–water partition coefficient (Wildman–Crippen LogP) is 1.58. The van der Waals surface area contributed by atoms with E-state index >= 15 is 0 Å². The molecule has 0 radical (unpaired) electrons. The Kier molecular flexibility index (Phi) is 7.32. The van der Waals surface area contributed by atoms with Crippen molar-refractivity contribution in [1.82, 2.24) is 5.32 Å². The van der Waals surface area contributed by atoms with E-state index in [1.807, 2.05) is 0 Å². The molecule has 6 nitrogen and oxygen atoms in total. The summed E-state index contributed by atoms with van der Waals surface area (Å²) in [7, 11) is -3.56. The van der Waals surface area contributed by atoms with Crippen molar-refractivity contribution in [2.45, 2.75) is 75.8 Å². The lowest BCUT2D eigenvalue weighted by atomic mass is 10.1. The Labute approximate surface area is 132 Å². The van der Waals surface area contributed by atoms with Crippen molar-refractivity contribution in [2.24, 2.45) is 0 Å². The molecule has 1 unspecified atom stereocenters. The lowest BCUT2D eigenvalue weighted by molar-refractivity contribution is -0.148. The molecule has 1 amide bonds. The molecule has 22 heavy (non-hydrogen) atoms. The highest BCUT2D eigenvalue weighted by atomic mass is 32.2. The smallest absolute Gasteiger partial charge is 0.324 e. The first kappa shape index (κ1) is 18.9. The number of nitrogens with one attached hydrogen (secondary N) is 1. The summed E-state index contributed by atoms with van der Waals surface area (Å²) in [6, 6.07) is 0.130. The van der Waals surface area contributed by atoms with Crippen LogP contribution in [-0.4, -0.2) is 43.4 Å². The van der Waals surface area contributed by atoms with Gasteiger partial charge < -0.3 is 10.1 Å². The fourth-order valence-corrected chi connectivity index (χ4v) is 3.64. The van der Waals surface area contributed by atoms with E-state index < -0.39 is 32.9 Å². The van der Waals surface area contributed by atoms with Gasteiger partial charge in [-0.1, -0.05) is 25.7 Å². The molecule has 1 aliphatic rings. The first-order valence-corrected chi connectivity index (χ1v) is 9.54. The summed E-state index contributed by atoms with van der Waals surface area (Å²) < 4.78 is 28.6. The molecule has 1 rings (SSSR count). The number of sulfone groups is 1. The van der Waals surface area contributed by atoms with Crippen LogP contribution in [0.2, 0.25) is 0 Å². The summed E-state index contributed by atoms with van der Waals surface area (Å²) in [5, 5.41) is 0.940. The van der Waals surface area contributed by atoms with Gasteiger partial charge in [0.1, 0.15) is 0 Å². The van der Waals surface area contributed by atoms with Crippen LogP contribution in [0.3, 0.4) is 0 Å². The van der Waals surface area contributed by atoms with Crippen LogP contribution in [0.15, 0.2) is 0 Å². The van der Waals surface area contributed by atoms with Gasteiger partial charge in [0.05, 0.1) is 5.25 Å². The zero-order valence-electron chi connectivity index (χ0n) is 13.6. The van der Waals surface area contributed by atoms with E-state index in [0.29, 0.717) is 0 Å². The molecule has 0 saturated heterocycles. The van der Waals surface area contributed by atoms with Crippen molar-refractivity contribution in [3.05, 3.63) is 0 Å². The minimum atomic E-state index is -3.56. The molecule has 0 bridgehead atoms. The number of esters is 1. The third kappa shape index (κ3) is 5.59. The third-order valence-corrected chi connectivity index (χ3v) is 6.54. The Morgan fingerprint density at radius 3 is 2.14 bits per heavy atom. The molecule has 0 aromatic rings. The summed E-state index contributed by atoms with van der Waals surface area (Å²) in [5.41, 5.74) is 0. The largest absolute Gasteiger partial charge is 0.455 e. The van der Waals surface area contributed by atoms with Gasteiger partial charge in [0.25, 0.3) is 5.91 Å². The van der Waals surface area contributed by atoms with E-state index in [2.05, 4.69) is 5.32 Å². The lowest BCUT2D eigenvalue weighted by Gasteiger charge is -2.17. The fraction of sp³-hybridized carbons (Fsp3) is 0.867.